The van der Waals surface area contributed by atoms with Crippen LogP contribution in [0.5, 0.6) is 0 Å². The summed E-state index contributed by atoms with van der Waals surface area (Å²) in [5, 5.41) is 2.85. The molecule has 0 radical (unpaired) electrons. The first-order valence-electron chi connectivity index (χ1n) is 10.5. The number of carbonyl (C=O) groups is 1. The van der Waals surface area contributed by atoms with Gasteiger partial charge in [0, 0.05) is 23.5 Å². The summed E-state index contributed by atoms with van der Waals surface area (Å²) < 4.78 is 33.7. The SMILES string of the molecule is CN1CCc2sc(S(=O)(=O)NC(=O)Nc3c(C4=CCOC4)ccc4c3CCC4)cc2C1. The fraction of sp³-hybridized carbons (Fsp3) is 0.409. The van der Waals surface area contributed by atoms with Gasteiger partial charge in [-0.3, -0.25) is 0 Å². The van der Waals surface area contributed by atoms with Crippen molar-refractivity contribution in [2.45, 2.75) is 36.4 Å². The number of thiophene rings is 1. The zero-order valence-electron chi connectivity index (χ0n) is 17.4. The second-order valence-electron chi connectivity index (χ2n) is 8.29. The minimum atomic E-state index is -3.94. The van der Waals surface area contributed by atoms with E-state index in [0.29, 0.717) is 18.9 Å². The summed E-state index contributed by atoms with van der Waals surface area (Å²) in [6.45, 7) is 2.67. The van der Waals surface area contributed by atoms with Crippen LogP contribution in [0.1, 0.15) is 33.6 Å². The van der Waals surface area contributed by atoms with Gasteiger partial charge in [0.25, 0.3) is 10.0 Å². The number of hydrogen-bond acceptors (Lipinski definition) is 6. The van der Waals surface area contributed by atoms with Gasteiger partial charge >= 0.3 is 6.03 Å². The highest BCUT2D eigenvalue weighted by atomic mass is 32.2. The number of benzene rings is 1. The van der Waals surface area contributed by atoms with Gasteiger partial charge < -0.3 is 15.0 Å². The number of hydrogen-bond donors (Lipinski definition) is 2. The molecule has 3 heterocycles. The molecule has 1 aliphatic carbocycles. The molecule has 164 valence electrons. The summed E-state index contributed by atoms with van der Waals surface area (Å²) in [6.07, 6.45) is 5.69. The van der Waals surface area contributed by atoms with E-state index in [4.69, 9.17) is 4.74 Å². The van der Waals surface area contributed by atoms with Crippen molar-refractivity contribution in [1.29, 1.82) is 0 Å². The zero-order chi connectivity index (χ0) is 21.6. The summed E-state index contributed by atoms with van der Waals surface area (Å²) in [7, 11) is -1.92. The molecule has 9 heteroatoms. The number of likely N-dealkylation sites (N-methyl/N-ethyl adjacent to an activating group) is 1. The van der Waals surface area contributed by atoms with Crippen molar-refractivity contribution < 1.29 is 17.9 Å². The Bertz CT molecular complexity index is 1180. The Hall–Kier alpha value is -2.20. The lowest BCUT2D eigenvalue weighted by molar-refractivity contribution is 0.216. The van der Waals surface area contributed by atoms with Crippen LogP contribution in [0.25, 0.3) is 5.57 Å². The molecule has 2 aliphatic heterocycles. The fourth-order valence-corrected chi connectivity index (χ4v) is 6.99. The monoisotopic (exact) mass is 459 g/mol. The number of rotatable bonds is 4. The average molecular weight is 460 g/mol. The molecule has 7 nitrogen and oxygen atoms in total. The van der Waals surface area contributed by atoms with E-state index in [1.165, 1.54) is 16.9 Å². The lowest BCUT2D eigenvalue weighted by atomic mass is 9.98. The Morgan fingerprint density at radius 2 is 2.06 bits per heavy atom. The largest absolute Gasteiger partial charge is 0.373 e. The fourth-order valence-electron chi connectivity index (χ4n) is 4.54. The van der Waals surface area contributed by atoms with Crippen LogP contribution in [0.2, 0.25) is 0 Å². The molecule has 0 saturated heterocycles. The maximum atomic E-state index is 12.9. The van der Waals surface area contributed by atoms with Crippen LogP contribution in [-0.4, -0.2) is 46.2 Å². The molecular weight excluding hydrogens is 434 g/mol. The first kappa shape index (κ1) is 20.7. The number of amides is 2. The van der Waals surface area contributed by atoms with Crippen molar-refractivity contribution in [2.75, 3.05) is 32.1 Å². The minimum absolute atomic E-state index is 0.188. The third-order valence-corrected chi connectivity index (χ3v) is 9.14. The van der Waals surface area contributed by atoms with Crippen LogP contribution in [0, 0.1) is 0 Å². The second kappa shape index (κ2) is 8.05. The highest BCUT2D eigenvalue weighted by Crippen LogP contribution is 2.36. The Morgan fingerprint density at radius 3 is 2.87 bits per heavy atom. The molecule has 0 saturated carbocycles. The van der Waals surface area contributed by atoms with Gasteiger partial charge in [-0.15, -0.1) is 11.3 Å². The number of nitrogens with one attached hydrogen (secondary N) is 2. The normalized spacial score (nSPS) is 18.4. The van der Waals surface area contributed by atoms with E-state index in [-0.39, 0.29) is 4.21 Å². The van der Waals surface area contributed by atoms with Crippen molar-refractivity contribution in [1.82, 2.24) is 9.62 Å². The third-order valence-electron chi connectivity index (χ3n) is 6.10. The number of sulfonamides is 1. The standard InChI is InChI=1S/C22H25N3O4S2/c1-25-9-7-19-16(12-25)11-20(30-19)31(27,28)24-22(26)23-21-17-4-2-3-14(17)5-6-18(21)15-8-10-29-13-15/h5-6,8,11H,2-4,7,9-10,12-13H2,1H3,(H2,23,24,26). The van der Waals surface area contributed by atoms with Gasteiger partial charge in [0.1, 0.15) is 4.21 Å². The minimum Gasteiger partial charge on any atom is -0.373 e. The predicted octanol–water partition coefficient (Wildman–Crippen LogP) is 3.15. The molecule has 1 aromatic carbocycles. The molecule has 2 amide bonds. The van der Waals surface area contributed by atoms with E-state index in [9.17, 15) is 13.2 Å². The molecule has 0 atom stereocenters. The highest BCUT2D eigenvalue weighted by molar-refractivity contribution is 7.92. The molecule has 2 aromatic rings. The number of ether oxygens (including phenoxy) is 1. The van der Waals surface area contributed by atoms with Gasteiger partial charge in [-0.05, 0) is 61.1 Å². The maximum Gasteiger partial charge on any atom is 0.333 e. The summed E-state index contributed by atoms with van der Waals surface area (Å²) in [5.41, 5.74) is 5.94. The second-order valence-corrected chi connectivity index (χ2v) is 11.3. The van der Waals surface area contributed by atoms with Crippen molar-refractivity contribution in [3.05, 3.63) is 51.4 Å². The van der Waals surface area contributed by atoms with Crippen LogP contribution in [-0.2, 0) is 40.6 Å². The van der Waals surface area contributed by atoms with E-state index >= 15 is 0 Å². The van der Waals surface area contributed by atoms with Gasteiger partial charge in [-0.2, -0.15) is 0 Å². The van der Waals surface area contributed by atoms with Crippen LogP contribution in [0.4, 0.5) is 10.5 Å². The van der Waals surface area contributed by atoms with E-state index in [1.807, 2.05) is 19.2 Å². The van der Waals surface area contributed by atoms with E-state index < -0.39 is 16.1 Å². The van der Waals surface area contributed by atoms with Crippen molar-refractivity contribution in [2.24, 2.45) is 0 Å². The Labute approximate surface area is 186 Å². The van der Waals surface area contributed by atoms with Crippen molar-refractivity contribution in [3.63, 3.8) is 0 Å². The Balaban J connectivity index is 1.39. The first-order valence-corrected chi connectivity index (χ1v) is 12.8. The Kier molecular flexibility index (Phi) is 5.37. The molecule has 0 unspecified atom stereocenters. The molecule has 5 rings (SSSR count). The zero-order valence-corrected chi connectivity index (χ0v) is 19.0. The number of urea groups is 1. The lowest BCUT2D eigenvalue weighted by Crippen LogP contribution is -2.34. The molecule has 31 heavy (non-hydrogen) atoms. The maximum absolute atomic E-state index is 12.9. The predicted molar refractivity (Wildman–Crippen MR) is 121 cm³/mol. The van der Waals surface area contributed by atoms with E-state index in [1.54, 1.807) is 6.07 Å². The number of anilines is 1. The quantitative estimate of drug-likeness (QED) is 0.733. The summed E-state index contributed by atoms with van der Waals surface area (Å²) >= 11 is 1.25. The summed E-state index contributed by atoms with van der Waals surface area (Å²) in [4.78, 5) is 16.0. The number of aryl methyl sites for hydroxylation is 1. The molecule has 0 bridgehead atoms. The molecular formula is C22H25N3O4S2. The van der Waals surface area contributed by atoms with Crippen LogP contribution < -0.4 is 10.0 Å². The number of carbonyl (C=O) groups excluding carboxylic acids is 1. The number of fused-ring (bicyclic) bond motifs is 2. The summed E-state index contributed by atoms with van der Waals surface area (Å²) in [5.74, 6) is 0. The molecule has 0 fully saturated rings. The molecule has 3 aliphatic rings. The van der Waals surface area contributed by atoms with Gasteiger partial charge in [-0.1, -0.05) is 18.2 Å². The summed E-state index contributed by atoms with van der Waals surface area (Å²) in [6, 6.07) is 5.06. The number of nitrogens with zero attached hydrogens (tertiary/aromatic N) is 1. The molecule has 2 N–H and O–H groups in total. The van der Waals surface area contributed by atoms with Crippen molar-refractivity contribution in [3.8, 4) is 0 Å². The lowest BCUT2D eigenvalue weighted by Gasteiger charge is -2.21. The average Bonchev–Trinajstić information content (AvgIpc) is 3.47. The van der Waals surface area contributed by atoms with Crippen LogP contribution in [0.15, 0.2) is 28.5 Å². The topological polar surface area (TPSA) is 87.7 Å². The third kappa shape index (κ3) is 4.03. The van der Waals surface area contributed by atoms with Crippen LogP contribution >= 0.6 is 11.3 Å². The van der Waals surface area contributed by atoms with Crippen molar-refractivity contribution >= 4 is 38.7 Å². The van der Waals surface area contributed by atoms with Crippen LogP contribution in [0.3, 0.4) is 0 Å². The molecule has 1 aromatic heterocycles. The molecule has 0 spiro atoms. The van der Waals surface area contributed by atoms with Gasteiger partial charge in [0.15, 0.2) is 0 Å². The van der Waals surface area contributed by atoms with Gasteiger partial charge in [0.2, 0.25) is 0 Å². The smallest absolute Gasteiger partial charge is 0.333 e. The van der Waals surface area contributed by atoms with Gasteiger partial charge in [0.05, 0.1) is 18.9 Å². The Morgan fingerprint density at radius 1 is 1.19 bits per heavy atom. The van der Waals surface area contributed by atoms with Gasteiger partial charge in [-0.25, -0.2) is 17.9 Å². The first-order chi connectivity index (χ1) is 14.9. The van der Waals surface area contributed by atoms with E-state index in [2.05, 4.69) is 21.0 Å². The highest BCUT2D eigenvalue weighted by Gasteiger charge is 2.27. The van der Waals surface area contributed by atoms with E-state index in [0.717, 1.165) is 65.9 Å².